The van der Waals surface area contributed by atoms with Gasteiger partial charge in [0.05, 0.1) is 11.1 Å². The van der Waals surface area contributed by atoms with Gasteiger partial charge in [-0.05, 0) is 80.1 Å². The number of carbonyl (C=O) groups excluding carboxylic acids is 8. The van der Waals surface area contributed by atoms with Crippen molar-refractivity contribution in [1.29, 1.82) is 0 Å². The number of hydrogen-bond donors (Lipinski definition) is 4. The summed E-state index contributed by atoms with van der Waals surface area (Å²) >= 11 is 0. The number of imide groups is 3. The largest absolute Gasteiger partial charge is 0.427 e. The molecule has 3 aromatic carbocycles. The molecule has 2 saturated heterocycles. The van der Waals surface area contributed by atoms with Gasteiger partial charge in [-0.15, -0.1) is 0 Å². The number of nitrogens with zero attached hydrogens (tertiary/aromatic N) is 3. The number of halogens is 4. The molecule has 4 aliphatic rings. The molecule has 1 unspecified atom stereocenters. The standard InChI is InChI=1S/C43H43F4N7O9/c1-24(43(45,46)47)52(22-25-9-11-27(44)12-10-25)34(56)23-53-39(60)42(63-41(53)62)18-17-26-21-28(13-14-30(26)42)50-40(61)49-20-5-3-2-4-19-48-31-8-6-7-29-35(31)38(59)54(37(29)58)32-15-16-33(55)51-36(32)57/h6-14,21,24,32,48H,2-5,15-20,22-23H2,1H3,(H2,49,50,61)(H,51,55,57)/t24-,32?,42+/m0/s1. The van der Waals surface area contributed by atoms with Crippen LogP contribution in [0.4, 0.5) is 38.5 Å². The van der Waals surface area contributed by atoms with E-state index in [4.69, 9.17) is 4.74 Å². The number of alkyl halides is 3. The van der Waals surface area contributed by atoms with Gasteiger partial charge in [-0.1, -0.05) is 37.1 Å². The number of nitrogens with one attached hydrogen (secondary N) is 4. The Bertz CT molecular complexity index is 2380. The number of anilines is 2. The smallest absolute Gasteiger partial charge is 0.418 e. The number of hydrogen-bond acceptors (Lipinski definition) is 10. The second-order valence-electron chi connectivity index (χ2n) is 15.7. The van der Waals surface area contributed by atoms with Gasteiger partial charge in [-0.25, -0.2) is 18.9 Å². The SMILES string of the molecule is C[C@H](N(Cc1ccc(F)cc1)C(=O)CN1C(=O)O[C@@]2(CCc3cc(NC(=O)NCCCCCCNc4cccc5c4C(=O)N(C4CCC(=O)NC4=O)C5=O)ccc32)C1=O)C(F)(F)F. The molecule has 16 nitrogen and oxygen atoms in total. The molecule has 63 heavy (non-hydrogen) atoms. The fourth-order valence-electron chi connectivity index (χ4n) is 8.23. The summed E-state index contributed by atoms with van der Waals surface area (Å²) in [5.41, 5.74) is 0.552. The third-order valence-electron chi connectivity index (χ3n) is 11.6. The number of piperidine rings is 1. The molecule has 3 atom stereocenters. The summed E-state index contributed by atoms with van der Waals surface area (Å²) in [7, 11) is 0. The van der Waals surface area contributed by atoms with Crippen LogP contribution in [-0.2, 0) is 42.5 Å². The highest BCUT2D eigenvalue weighted by atomic mass is 19.4. The lowest BCUT2D eigenvalue weighted by atomic mass is 9.94. The van der Waals surface area contributed by atoms with Crippen molar-refractivity contribution in [2.24, 2.45) is 0 Å². The Morgan fingerprint density at radius 3 is 2.38 bits per heavy atom. The molecule has 0 saturated carbocycles. The van der Waals surface area contributed by atoms with E-state index < -0.39 is 90.3 Å². The second-order valence-corrected chi connectivity index (χ2v) is 15.7. The van der Waals surface area contributed by atoms with Crippen LogP contribution in [0.2, 0.25) is 0 Å². The zero-order chi connectivity index (χ0) is 45.2. The molecule has 9 amide bonds. The first-order valence-corrected chi connectivity index (χ1v) is 20.4. The molecule has 0 bridgehead atoms. The van der Waals surface area contributed by atoms with Crippen LogP contribution in [0.3, 0.4) is 0 Å². The maximum Gasteiger partial charge on any atom is 0.418 e. The van der Waals surface area contributed by atoms with Gasteiger partial charge >= 0.3 is 18.3 Å². The van der Waals surface area contributed by atoms with Gasteiger partial charge in [0.25, 0.3) is 17.7 Å². The van der Waals surface area contributed by atoms with Crippen LogP contribution in [-0.4, -0.2) is 100 Å². The third-order valence-corrected chi connectivity index (χ3v) is 11.6. The normalized spacial score (nSPS) is 19.8. The van der Waals surface area contributed by atoms with Crippen molar-refractivity contribution in [1.82, 2.24) is 25.3 Å². The van der Waals surface area contributed by atoms with E-state index in [-0.39, 0.29) is 42.4 Å². The highest BCUT2D eigenvalue weighted by Gasteiger charge is 2.59. The maximum absolute atomic E-state index is 13.8. The Hall–Kier alpha value is -6.86. The Morgan fingerprint density at radius 2 is 1.67 bits per heavy atom. The summed E-state index contributed by atoms with van der Waals surface area (Å²) in [5.74, 6) is -5.00. The van der Waals surface area contributed by atoms with Gasteiger partial charge in [-0.3, -0.25) is 39.0 Å². The van der Waals surface area contributed by atoms with Gasteiger partial charge in [-0.2, -0.15) is 13.2 Å². The number of rotatable bonds is 15. The molecule has 3 aliphatic heterocycles. The van der Waals surface area contributed by atoms with E-state index in [1.807, 2.05) is 0 Å². The van der Waals surface area contributed by atoms with Crippen molar-refractivity contribution in [3.63, 3.8) is 0 Å². The van der Waals surface area contributed by atoms with Gasteiger partial charge in [0.1, 0.15) is 24.4 Å². The van der Waals surface area contributed by atoms with Crippen LogP contribution in [0.5, 0.6) is 0 Å². The number of aryl methyl sites for hydroxylation is 1. The van der Waals surface area contributed by atoms with Crippen LogP contribution < -0.4 is 21.3 Å². The highest BCUT2D eigenvalue weighted by Crippen LogP contribution is 2.46. The molecule has 4 N–H and O–H groups in total. The number of amides is 9. The summed E-state index contributed by atoms with van der Waals surface area (Å²) in [5, 5.41) is 10.9. The van der Waals surface area contributed by atoms with E-state index in [0.717, 1.165) is 36.8 Å². The van der Waals surface area contributed by atoms with Crippen LogP contribution in [0.1, 0.15) is 89.3 Å². The minimum Gasteiger partial charge on any atom is -0.427 e. The van der Waals surface area contributed by atoms with Crippen LogP contribution in [0.15, 0.2) is 60.7 Å². The second kappa shape index (κ2) is 17.9. The maximum atomic E-state index is 13.8. The minimum absolute atomic E-state index is 0.00945. The Balaban J connectivity index is 0.855. The number of benzene rings is 3. The van der Waals surface area contributed by atoms with Crippen LogP contribution in [0, 0.1) is 5.82 Å². The van der Waals surface area contributed by atoms with Gasteiger partial charge in [0.2, 0.25) is 23.3 Å². The average molecular weight is 878 g/mol. The third kappa shape index (κ3) is 9.05. The summed E-state index contributed by atoms with van der Waals surface area (Å²) in [6.07, 6.45) is -2.76. The summed E-state index contributed by atoms with van der Waals surface area (Å²) in [6.45, 7) is 0.0453. The predicted octanol–water partition coefficient (Wildman–Crippen LogP) is 5.12. The monoisotopic (exact) mass is 877 g/mol. The number of unbranched alkanes of at least 4 members (excludes halogenated alkanes) is 3. The van der Waals surface area contributed by atoms with Gasteiger partial charge in [0, 0.05) is 49.4 Å². The van der Waals surface area contributed by atoms with E-state index in [2.05, 4.69) is 21.3 Å². The minimum atomic E-state index is -4.84. The number of fused-ring (bicyclic) bond motifs is 3. The van der Waals surface area contributed by atoms with Crippen molar-refractivity contribution in [3.8, 4) is 0 Å². The summed E-state index contributed by atoms with van der Waals surface area (Å²) in [6, 6.07) is 10.2. The van der Waals surface area contributed by atoms with Gasteiger partial charge in [0.15, 0.2) is 0 Å². The molecule has 20 heteroatoms. The van der Waals surface area contributed by atoms with Crippen molar-refractivity contribution in [3.05, 3.63) is 94.3 Å². The van der Waals surface area contributed by atoms with E-state index in [9.17, 15) is 55.9 Å². The topological polar surface area (TPSA) is 204 Å². The lowest BCUT2D eigenvalue weighted by Crippen LogP contribution is -2.54. The molecule has 1 spiro atoms. The zero-order valence-electron chi connectivity index (χ0n) is 33.9. The van der Waals surface area contributed by atoms with E-state index in [0.29, 0.717) is 58.2 Å². The molecule has 1 aliphatic carbocycles. The van der Waals surface area contributed by atoms with Crippen LogP contribution >= 0.6 is 0 Å². The molecule has 3 aromatic rings. The molecule has 332 valence electrons. The summed E-state index contributed by atoms with van der Waals surface area (Å²) in [4.78, 5) is 105. The summed E-state index contributed by atoms with van der Waals surface area (Å²) < 4.78 is 60.4. The van der Waals surface area contributed by atoms with Crippen molar-refractivity contribution in [2.45, 2.75) is 88.7 Å². The molecular weight excluding hydrogens is 835 g/mol. The Labute approximate surface area is 357 Å². The quantitative estimate of drug-likeness (QED) is 0.0902. The first kappa shape index (κ1) is 44.2. The van der Waals surface area contributed by atoms with Crippen molar-refractivity contribution < 1.29 is 60.7 Å². The number of urea groups is 1. The Morgan fingerprint density at radius 1 is 0.937 bits per heavy atom. The van der Waals surface area contributed by atoms with Crippen LogP contribution in [0.25, 0.3) is 0 Å². The Kier molecular flexibility index (Phi) is 12.5. The van der Waals surface area contributed by atoms with E-state index in [1.165, 1.54) is 30.3 Å². The molecule has 0 radical (unpaired) electrons. The molecule has 2 fully saturated rings. The first-order chi connectivity index (χ1) is 30.0. The molecule has 3 heterocycles. The fourth-order valence-corrected chi connectivity index (χ4v) is 8.23. The van der Waals surface area contributed by atoms with E-state index >= 15 is 0 Å². The zero-order valence-corrected chi connectivity index (χ0v) is 33.9. The molecule has 0 aromatic heterocycles. The first-order valence-electron chi connectivity index (χ1n) is 20.4. The lowest BCUT2D eigenvalue weighted by Gasteiger charge is -2.31. The highest BCUT2D eigenvalue weighted by molar-refractivity contribution is 6.25. The lowest BCUT2D eigenvalue weighted by molar-refractivity contribution is -0.187. The molecule has 7 rings (SSSR count). The number of carbonyl (C=O) groups is 8. The average Bonchev–Trinajstić information content (AvgIpc) is 3.81. The molecular formula is C43H43F4N7O9. The number of ether oxygens (including phenoxy) is 1. The predicted molar refractivity (Wildman–Crippen MR) is 214 cm³/mol. The van der Waals surface area contributed by atoms with E-state index in [1.54, 1.807) is 18.2 Å². The van der Waals surface area contributed by atoms with Crippen molar-refractivity contribution >= 4 is 58.9 Å². The van der Waals surface area contributed by atoms with Gasteiger partial charge < -0.3 is 25.6 Å². The van der Waals surface area contributed by atoms with Crippen molar-refractivity contribution in [2.75, 3.05) is 30.3 Å². The fraction of sp³-hybridized carbons (Fsp3) is 0.395.